The smallest absolute Gasteiger partial charge is 0.341 e. The minimum Gasteiger partial charge on any atom is -0.483 e. The molecule has 5 rings (SSSR count). The van der Waals surface area contributed by atoms with Crippen molar-refractivity contribution >= 4 is 22.1 Å². The van der Waals surface area contributed by atoms with Gasteiger partial charge in [0.25, 0.3) is 0 Å². The zero-order valence-corrected chi connectivity index (χ0v) is 22.1. The van der Waals surface area contributed by atoms with Gasteiger partial charge in [0.05, 0.1) is 42.5 Å². The Bertz CT molecular complexity index is 1570. The number of rotatable bonds is 6. The summed E-state index contributed by atoms with van der Waals surface area (Å²) in [5.74, 6) is -2.27. The first-order chi connectivity index (χ1) is 18.5. The van der Waals surface area contributed by atoms with Crippen LogP contribution in [0, 0.1) is 31.3 Å². The molecule has 1 unspecified atom stereocenters. The largest absolute Gasteiger partial charge is 0.483 e. The number of hydrogen-bond donors (Lipinski definition) is 0. The average molecular weight is 563 g/mol. The summed E-state index contributed by atoms with van der Waals surface area (Å²) < 4.78 is 74.0. The van der Waals surface area contributed by atoms with Crippen LogP contribution in [0.15, 0.2) is 40.5 Å². The molecule has 2 aliphatic heterocycles. The van der Waals surface area contributed by atoms with Crippen LogP contribution in [-0.4, -0.2) is 70.3 Å². The van der Waals surface area contributed by atoms with Gasteiger partial charge in [-0.05, 0) is 31.5 Å². The summed E-state index contributed by atoms with van der Waals surface area (Å²) in [5.41, 5.74) is 0.941. The highest BCUT2D eigenvalue weighted by Crippen LogP contribution is 2.32. The molecule has 10 nitrogen and oxygen atoms in total. The molecule has 1 aromatic carbocycles. The lowest BCUT2D eigenvalue weighted by Crippen LogP contribution is -2.58. The molecule has 0 spiro atoms. The van der Waals surface area contributed by atoms with Crippen molar-refractivity contribution in [1.82, 2.24) is 24.7 Å². The lowest BCUT2D eigenvalue weighted by Gasteiger charge is -2.41. The van der Waals surface area contributed by atoms with Crippen LogP contribution in [0.3, 0.4) is 0 Å². The highest BCUT2D eigenvalue weighted by molar-refractivity contribution is 7.91. The number of hydrazone groups is 1. The predicted octanol–water partition coefficient (Wildman–Crippen LogP) is 3.71. The molecule has 2 aromatic heterocycles. The summed E-state index contributed by atoms with van der Waals surface area (Å²) in [6, 6.07) is 3.29. The fourth-order valence-corrected chi connectivity index (χ4v) is 6.01. The molecule has 0 saturated carbocycles. The van der Waals surface area contributed by atoms with Crippen LogP contribution in [0.25, 0.3) is 5.82 Å². The lowest BCUT2D eigenvalue weighted by molar-refractivity contribution is 0.0256. The Morgan fingerprint density at radius 1 is 1.10 bits per heavy atom. The summed E-state index contributed by atoms with van der Waals surface area (Å²) in [4.78, 5) is 18.6. The number of sulfone groups is 1. The summed E-state index contributed by atoms with van der Waals surface area (Å²) in [5, 5.41) is 9.52. The zero-order chi connectivity index (χ0) is 28.1. The average Bonchev–Trinajstić information content (AvgIpc) is 3.46. The van der Waals surface area contributed by atoms with E-state index in [9.17, 15) is 26.4 Å². The van der Waals surface area contributed by atoms with Crippen LogP contribution in [0.4, 0.5) is 18.0 Å². The second-order valence-electron chi connectivity index (χ2n) is 9.31. The quantitative estimate of drug-likeness (QED) is 0.453. The Morgan fingerprint density at radius 3 is 2.46 bits per heavy atom. The van der Waals surface area contributed by atoms with Crippen molar-refractivity contribution in [2.75, 3.05) is 18.8 Å². The molecule has 0 bridgehead atoms. The maximum Gasteiger partial charge on any atom is 0.341 e. The molecular weight excluding hydrogens is 537 g/mol. The summed E-state index contributed by atoms with van der Waals surface area (Å²) in [6.07, 6.45) is 2.23. The van der Waals surface area contributed by atoms with Crippen molar-refractivity contribution < 1.29 is 31.1 Å². The third kappa shape index (κ3) is 4.95. The zero-order valence-electron chi connectivity index (χ0n) is 21.3. The van der Waals surface area contributed by atoms with Crippen molar-refractivity contribution in [2.45, 2.75) is 44.2 Å². The molecule has 39 heavy (non-hydrogen) atoms. The van der Waals surface area contributed by atoms with Crippen molar-refractivity contribution in [3.63, 3.8) is 0 Å². The number of carbonyl (C=O) groups is 1. The van der Waals surface area contributed by atoms with Crippen LogP contribution in [-0.2, 0) is 9.84 Å². The number of ether oxygens (including phenoxy) is 1. The Morgan fingerprint density at radius 2 is 1.79 bits per heavy atom. The third-order valence-corrected chi connectivity index (χ3v) is 8.62. The van der Waals surface area contributed by atoms with Gasteiger partial charge in [0.15, 0.2) is 27.2 Å². The van der Waals surface area contributed by atoms with Gasteiger partial charge in [-0.25, -0.2) is 41.1 Å². The van der Waals surface area contributed by atoms with Crippen LogP contribution < -0.4 is 4.74 Å². The number of carbonyl (C=O) groups excluding carboxylic acids is 1. The van der Waals surface area contributed by atoms with Gasteiger partial charge in [0.1, 0.15) is 22.6 Å². The Labute approximate surface area is 222 Å². The second kappa shape index (κ2) is 9.98. The fourth-order valence-electron chi connectivity index (χ4n) is 4.70. The van der Waals surface area contributed by atoms with E-state index >= 15 is 0 Å². The predicted molar refractivity (Wildman–Crippen MR) is 134 cm³/mol. The summed E-state index contributed by atoms with van der Waals surface area (Å²) in [6.45, 7) is 4.97. The molecule has 0 N–H and O–H groups in total. The number of likely N-dealkylation sites (tertiary alicyclic amines) is 1. The van der Waals surface area contributed by atoms with Gasteiger partial charge in [-0.1, -0.05) is 6.92 Å². The van der Waals surface area contributed by atoms with E-state index in [1.165, 1.54) is 33.8 Å². The Balaban J connectivity index is 1.28. The standard InChI is InChI=1S/C25H25F3N6O4S/c1-4-39(36,37)24-14(2)31-33(15(24)3)23-10-22(20(28)11-29-23)38-19-12-32(13-19)25(35)34-21(5-6-30-34)16-7-17(26)9-18(27)8-16/h6-11,19,21H,4-5,12-13H2,1-3H3. The van der Waals surface area contributed by atoms with Crippen molar-refractivity contribution in [3.05, 3.63) is 64.9 Å². The number of halogens is 3. The number of pyridine rings is 1. The molecule has 2 aliphatic rings. The van der Waals surface area contributed by atoms with E-state index in [0.29, 0.717) is 17.8 Å². The molecule has 0 radical (unpaired) electrons. The molecule has 14 heteroatoms. The monoisotopic (exact) mass is 562 g/mol. The van der Waals surface area contributed by atoms with E-state index in [2.05, 4.69) is 15.2 Å². The molecule has 3 aromatic rings. The molecular formula is C25H25F3N6O4S. The minimum absolute atomic E-state index is 0.0922. The van der Waals surface area contributed by atoms with E-state index in [4.69, 9.17) is 4.74 Å². The van der Waals surface area contributed by atoms with Gasteiger partial charge in [-0.2, -0.15) is 10.2 Å². The number of urea groups is 1. The second-order valence-corrected chi connectivity index (χ2v) is 11.5. The number of amides is 2. The van der Waals surface area contributed by atoms with Crippen molar-refractivity contribution in [2.24, 2.45) is 5.10 Å². The normalized spacial score (nSPS) is 17.5. The van der Waals surface area contributed by atoms with E-state index in [0.717, 1.165) is 24.4 Å². The van der Waals surface area contributed by atoms with Crippen LogP contribution in [0.5, 0.6) is 5.75 Å². The first kappa shape index (κ1) is 26.7. The summed E-state index contributed by atoms with van der Waals surface area (Å²) in [7, 11) is -3.53. The molecule has 1 atom stereocenters. The molecule has 4 heterocycles. The van der Waals surface area contributed by atoms with Crippen molar-refractivity contribution in [3.8, 4) is 11.6 Å². The van der Waals surface area contributed by atoms with Gasteiger partial charge in [-0.15, -0.1) is 0 Å². The number of hydrogen-bond acceptors (Lipinski definition) is 7. The first-order valence-corrected chi connectivity index (χ1v) is 13.8. The van der Waals surface area contributed by atoms with Gasteiger partial charge in [0.2, 0.25) is 0 Å². The number of nitrogens with zero attached hydrogens (tertiary/aromatic N) is 6. The fraction of sp³-hybridized carbons (Fsp3) is 0.360. The summed E-state index contributed by atoms with van der Waals surface area (Å²) >= 11 is 0. The Kier molecular flexibility index (Phi) is 6.83. The highest BCUT2D eigenvalue weighted by atomic mass is 32.2. The van der Waals surface area contributed by atoms with Gasteiger partial charge in [0, 0.05) is 24.8 Å². The van der Waals surface area contributed by atoms with Crippen LogP contribution in [0.1, 0.15) is 36.3 Å². The minimum atomic E-state index is -3.53. The number of aryl methyl sites for hydroxylation is 1. The molecule has 1 saturated heterocycles. The molecule has 0 aliphatic carbocycles. The van der Waals surface area contributed by atoms with Crippen LogP contribution in [0.2, 0.25) is 0 Å². The molecule has 2 amide bonds. The van der Waals surface area contributed by atoms with Gasteiger partial charge >= 0.3 is 6.03 Å². The lowest BCUT2D eigenvalue weighted by atomic mass is 10.0. The van der Waals surface area contributed by atoms with E-state index in [1.807, 2.05) is 0 Å². The van der Waals surface area contributed by atoms with Gasteiger partial charge < -0.3 is 9.64 Å². The SMILES string of the molecule is CCS(=O)(=O)c1c(C)nn(-c2cc(OC3CN(C(=O)N4N=CCC4c4cc(F)cc(F)c4)C3)c(F)cn2)c1C. The van der Waals surface area contributed by atoms with Crippen molar-refractivity contribution in [1.29, 1.82) is 0 Å². The Hall–Kier alpha value is -3.94. The topological polar surface area (TPSA) is 110 Å². The van der Waals surface area contributed by atoms with E-state index in [-0.39, 0.29) is 40.9 Å². The number of benzene rings is 1. The van der Waals surface area contributed by atoms with Gasteiger partial charge in [-0.3, -0.25) is 0 Å². The van der Waals surface area contributed by atoms with Crippen LogP contribution >= 0.6 is 0 Å². The maximum absolute atomic E-state index is 14.6. The third-order valence-electron chi connectivity index (χ3n) is 6.65. The van der Waals surface area contributed by atoms with E-state index in [1.54, 1.807) is 13.8 Å². The highest BCUT2D eigenvalue weighted by Gasteiger charge is 2.39. The van der Waals surface area contributed by atoms with E-state index < -0.39 is 45.5 Å². The molecule has 1 fully saturated rings. The molecule has 206 valence electrons. The maximum atomic E-state index is 14.6. The first-order valence-electron chi connectivity index (χ1n) is 12.2. The number of aromatic nitrogens is 3.